The van der Waals surface area contributed by atoms with E-state index in [0.29, 0.717) is 39.2 Å². The SMILES string of the molecule is CC1CC(C)C(Sc2cc(-c3cc(F)c(F)c(F)c3)ccc2Cl)C1C. The summed E-state index contributed by atoms with van der Waals surface area (Å²) in [4.78, 5) is 0.891. The number of hydrogen-bond acceptors (Lipinski definition) is 1. The highest BCUT2D eigenvalue weighted by molar-refractivity contribution is 8.00. The zero-order valence-electron chi connectivity index (χ0n) is 14.3. The van der Waals surface area contributed by atoms with Crippen molar-refractivity contribution in [1.82, 2.24) is 0 Å². The number of halogens is 4. The van der Waals surface area contributed by atoms with Gasteiger partial charge in [0.2, 0.25) is 0 Å². The molecular weight excluding hydrogens is 365 g/mol. The highest BCUT2D eigenvalue weighted by Crippen LogP contribution is 2.47. The van der Waals surface area contributed by atoms with Crippen molar-refractivity contribution in [3.63, 3.8) is 0 Å². The molecule has 5 heteroatoms. The lowest BCUT2D eigenvalue weighted by atomic mass is 10.0. The van der Waals surface area contributed by atoms with Crippen molar-refractivity contribution in [2.45, 2.75) is 37.3 Å². The van der Waals surface area contributed by atoms with Crippen LogP contribution in [0.4, 0.5) is 13.2 Å². The Kier molecular flexibility index (Phi) is 5.40. The molecule has 2 aromatic rings. The van der Waals surface area contributed by atoms with E-state index in [0.717, 1.165) is 17.0 Å². The average molecular weight is 385 g/mol. The fourth-order valence-corrected chi connectivity index (χ4v) is 5.39. The maximum absolute atomic E-state index is 13.5. The van der Waals surface area contributed by atoms with E-state index in [1.807, 2.05) is 6.07 Å². The fraction of sp³-hybridized carbons (Fsp3) is 0.400. The van der Waals surface area contributed by atoms with Crippen LogP contribution >= 0.6 is 23.4 Å². The Bertz CT molecular complexity index is 770. The predicted octanol–water partition coefficient (Wildman–Crippen LogP) is 7.20. The fourth-order valence-electron chi connectivity index (χ4n) is 3.64. The van der Waals surface area contributed by atoms with Crippen molar-refractivity contribution in [2.24, 2.45) is 17.8 Å². The summed E-state index contributed by atoms with van der Waals surface area (Å²) in [5.41, 5.74) is 0.923. The molecule has 0 heterocycles. The third-order valence-electron chi connectivity index (χ3n) is 5.23. The lowest BCUT2D eigenvalue weighted by Gasteiger charge is -2.21. The van der Waals surface area contributed by atoms with Crippen molar-refractivity contribution in [3.05, 3.63) is 52.8 Å². The Morgan fingerprint density at radius 2 is 1.56 bits per heavy atom. The second-order valence-corrected chi connectivity index (χ2v) is 8.66. The van der Waals surface area contributed by atoms with Crippen LogP contribution in [0.3, 0.4) is 0 Å². The summed E-state index contributed by atoms with van der Waals surface area (Å²) in [5.74, 6) is -2.02. The Morgan fingerprint density at radius 1 is 0.920 bits per heavy atom. The molecule has 0 bridgehead atoms. The molecule has 1 fully saturated rings. The molecular formula is C20H20ClF3S. The van der Waals surface area contributed by atoms with Crippen LogP contribution in [0.2, 0.25) is 5.02 Å². The quantitative estimate of drug-likeness (QED) is 0.504. The van der Waals surface area contributed by atoms with Gasteiger partial charge in [-0.2, -0.15) is 0 Å². The largest absolute Gasteiger partial charge is 0.204 e. The molecule has 0 radical (unpaired) electrons. The van der Waals surface area contributed by atoms with E-state index >= 15 is 0 Å². The number of rotatable bonds is 3. The van der Waals surface area contributed by atoms with Gasteiger partial charge in [0.15, 0.2) is 17.5 Å². The third kappa shape index (κ3) is 3.70. The van der Waals surface area contributed by atoms with Crippen molar-refractivity contribution in [3.8, 4) is 11.1 Å². The first-order chi connectivity index (χ1) is 11.8. The average Bonchev–Trinajstić information content (AvgIpc) is 2.80. The van der Waals surface area contributed by atoms with E-state index < -0.39 is 17.5 Å². The minimum Gasteiger partial charge on any atom is -0.204 e. The van der Waals surface area contributed by atoms with E-state index in [1.165, 1.54) is 6.42 Å². The first kappa shape index (κ1) is 18.7. The third-order valence-corrected chi connectivity index (χ3v) is 7.43. The summed E-state index contributed by atoms with van der Waals surface area (Å²) in [7, 11) is 0. The van der Waals surface area contributed by atoms with Crippen molar-refractivity contribution in [2.75, 3.05) is 0 Å². The van der Waals surface area contributed by atoms with Crippen LogP contribution in [0.25, 0.3) is 11.1 Å². The van der Waals surface area contributed by atoms with Gasteiger partial charge in [-0.25, -0.2) is 13.2 Å². The van der Waals surface area contributed by atoms with Crippen LogP contribution < -0.4 is 0 Å². The molecule has 0 aromatic heterocycles. The molecule has 1 aliphatic carbocycles. The Hall–Kier alpha value is -1.13. The molecule has 3 rings (SSSR count). The predicted molar refractivity (Wildman–Crippen MR) is 98.5 cm³/mol. The van der Waals surface area contributed by atoms with Crippen LogP contribution in [0.15, 0.2) is 35.2 Å². The van der Waals surface area contributed by atoms with Crippen LogP contribution in [-0.2, 0) is 0 Å². The highest BCUT2D eigenvalue weighted by Gasteiger charge is 2.36. The maximum atomic E-state index is 13.5. The second kappa shape index (κ2) is 7.24. The van der Waals surface area contributed by atoms with Gasteiger partial charge < -0.3 is 0 Å². The molecule has 0 N–H and O–H groups in total. The molecule has 134 valence electrons. The van der Waals surface area contributed by atoms with E-state index in [2.05, 4.69) is 20.8 Å². The van der Waals surface area contributed by atoms with E-state index in [-0.39, 0.29) is 0 Å². The smallest absolute Gasteiger partial charge is 0.194 e. The minimum atomic E-state index is -1.45. The standard InChI is InChI=1S/C20H20ClF3S/c1-10-6-11(2)20(12(10)3)25-18-9-13(4-5-15(18)21)14-7-16(22)19(24)17(23)8-14/h4-5,7-12,20H,6H2,1-3H3. The van der Waals surface area contributed by atoms with Crippen LogP contribution in [0.5, 0.6) is 0 Å². The van der Waals surface area contributed by atoms with Gasteiger partial charge in [0.1, 0.15) is 0 Å². The van der Waals surface area contributed by atoms with Gasteiger partial charge >= 0.3 is 0 Å². The summed E-state index contributed by atoms with van der Waals surface area (Å²) in [6.45, 7) is 6.78. The van der Waals surface area contributed by atoms with Crippen molar-refractivity contribution in [1.29, 1.82) is 0 Å². The Balaban J connectivity index is 1.94. The molecule has 0 saturated heterocycles. The molecule has 0 spiro atoms. The summed E-state index contributed by atoms with van der Waals surface area (Å²) in [6, 6.07) is 7.29. The van der Waals surface area contributed by atoms with Gasteiger partial charge in [-0.1, -0.05) is 38.4 Å². The summed E-state index contributed by atoms with van der Waals surface area (Å²) >= 11 is 8.08. The van der Waals surface area contributed by atoms with E-state index in [4.69, 9.17) is 11.6 Å². The van der Waals surface area contributed by atoms with Gasteiger partial charge in [-0.15, -0.1) is 11.8 Å². The second-order valence-electron chi connectivity index (χ2n) is 7.03. The molecule has 0 amide bonds. The van der Waals surface area contributed by atoms with Crippen LogP contribution in [0, 0.1) is 35.2 Å². The Labute approximate surface area is 155 Å². The molecule has 0 aliphatic heterocycles. The monoisotopic (exact) mass is 384 g/mol. The number of thioether (sulfide) groups is 1. The van der Waals surface area contributed by atoms with Gasteiger partial charge in [-0.05, 0) is 59.6 Å². The molecule has 4 atom stereocenters. The zero-order chi connectivity index (χ0) is 18.3. The summed E-state index contributed by atoms with van der Waals surface area (Å²) < 4.78 is 40.3. The van der Waals surface area contributed by atoms with Crippen molar-refractivity contribution >= 4 is 23.4 Å². The zero-order valence-corrected chi connectivity index (χ0v) is 15.9. The van der Waals surface area contributed by atoms with Gasteiger partial charge in [0, 0.05) is 10.1 Å². The van der Waals surface area contributed by atoms with Crippen molar-refractivity contribution < 1.29 is 13.2 Å². The van der Waals surface area contributed by atoms with Gasteiger partial charge in [-0.3, -0.25) is 0 Å². The molecule has 2 aromatic carbocycles. The molecule has 4 unspecified atom stereocenters. The topological polar surface area (TPSA) is 0 Å². The van der Waals surface area contributed by atoms with Gasteiger partial charge in [0.25, 0.3) is 0 Å². The maximum Gasteiger partial charge on any atom is 0.194 e. The molecule has 1 saturated carbocycles. The lowest BCUT2D eigenvalue weighted by Crippen LogP contribution is -2.15. The van der Waals surface area contributed by atoms with Crippen LogP contribution in [-0.4, -0.2) is 5.25 Å². The molecule has 1 aliphatic rings. The minimum absolute atomic E-state index is 0.302. The normalized spacial score (nSPS) is 26.2. The van der Waals surface area contributed by atoms with Gasteiger partial charge in [0.05, 0.1) is 5.02 Å². The molecule has 0 nitrogen and oxygen atoms in total. The summed E-state index contributed by atoms with van der Waals surface area (Å²) in [5, 5.41) is 1.07. The summed E-state index contributed by atoms with van der Waals surface area (Å²) in [6.07, 6.45) is 1.19. The number of hydrogen-bond donors (Lipinski definition) is 0. The first-order valence-electron chi connectivity index (χ1n) is 8.39. The Morgan fingerprint density at radius 3 is 2.12 bits per heavy atom. The lowest BCUT2D eigenvalue weighted by molar-refractivity contribution is 0.447. The number of benzene rings is 2. The molecule has 25 heavy (non-hydrogen) atoms. The highest BCUT2D eigenvalue weighted by atomic mass is 35.5. The first-order valence-corrected chi connectivity index (χ1v) is 9.64. The van der Waals surface area contributed by atoms with E-state index in [9.17, 15) is 13.2 Å². The van der Waals surface area contributed by atoms with Crippen LogP contribution in [0.1, 0.15) is 27.2 Å². The van der Waals surface area contributed by atoms with E-state index in [1.54, 1.807) is 23.9 Å².